The molecule has 0 spiro atoms. The number of esters is 1. The molecule has 0 saturated heterocycles. The van der Waals surface area contributed by atoms with Crippen molar-refractivity contribution >= 4 is 5.97 Å². The van der Waals surface area contributed by atoms with Gasteiger partial charge in [0.25, 0.3) is 0 Å². The molecule has 32 heavy (non-hydrogen) atoms. The highest BCUT2D eigenvalue weighted by molar-refractivity contribution is 5.72. The number of hydrogen-bond acceptors (Lipinski definition) is 6. The Hall–Kier alpha value is -3.31. The van der Waals surface area contributed by atoms with E-state index < -0.39 is 29.6 Å². The summed E-state index contributed by atoms with van der Waals surface area (Å²) in [7, 11) is 0. The molecule has 2 aliphatic heterocycles. The number of ether oxygens (including phenoxy) is 1. The Balaban J connectivity index is 1.25. The molecule has 2 aliphatic rings. The number of hydrogen-bond donors (Lipinski definition) is 0. The highest BCUT2D eigenvalue weighted by atomic mass is 19.4. The lowest BCUT2D eigenvalue weighted by atomic mass is 10.0. The topological polar surface area (TPSA) is 75.7 Å². The van der Waals surface area contributed by atoms with E-state index in [2.05, 4.69) is 20.5 Å². The van der Waals surface area contributed by atoms with Gasteiger partial charge in [-0.1, -0.05) is 48.5 Å². The van der Waals surface area contributed by atoms with Crippen LogP contribution >= 0.6 is 0 Å². The standard InChI is InChI=1S/C20H14F6N4O2/c21-19(22,23)17(27-28-17)14-5-1-12(2-6-14)9-10-32-16(31)11-13-3-7-15(8-4-13)18(29-30-18)20(24,25)26/h1-8H,9-11H2. The van der Waals surface area contributed by atoms with Gasteiger partial charge >= 0.3 is 29.6 Å². The molecule has 6 nitrogen and oxygen atoms in total. The van der Waals surface area contributed by atoms with Crippen molar-refractivity contribution in [3.05, 3.63) is 70.8 Å². The molecule has 0 fully saturated rings. The van der Waals surface area contributed by atoms with Crippen molar-refractivity contribution in [2.24, 2.45) is 20.5 Å². The lowest BCUT2D eigenvalue weighted by Crippen LogP contribution is -2.30. The van der Waals surface area contributed by atoms with Crippen molar-refractivity contribution < 1.29 is 35.9 Å². The number of nitrogens with zero attached hydrogens (tertiary/aromatic N) is 4. The molecule has 2 aromatic carbocycles. The summed E-state index contributed by atoms with van der Waals surface area (Å²) >= 11 is 0. The third-order valence-electron chi connectivity index (χ3n) is 5.11. The molecule has 0 bridgehead atoms. The monoisotopic (exact) mass is 456 g/mol. The first-order valence-electron chi connectivity index (χ1n) is 9.33. The van der Waals surface area contributed by atoms with Gasteiger partial charge in [0.15, 0.2) is 0 Å². The maximum absolute atomic E-state index is 13.0. The molecule has 2 aromatic rings. The summed E-state index contributed by atoms with van der Waals surface area (Å²) in [5.41, 5.74) is -4.11. The van der Waals surface area contributed by atoms with Gasteiger partial charge in [0.05, 0.1) is 13.0 Å². The largest absolute Gasteiger partial charge is 0.465 e. The minimum absolute atomic E-state index is 0.00955. The molecule has 2 heterocycles. The van der Waals surface area contributed by atoms with Crippen LogP contribution in [0.15, 0.2) is 69.0 Å². The first-order chi connectivity index (χ1) is 15.0. The van der Waals surface area contributed by atoms with Crippen molar-refractivity contribution in [2.75, 3.05) is 6.61 Å². The van der Waals surface area contributed by atoms with Gasteiger partial charge in [-0.3, -0.25) is 4.79 Å². The molecule has 0 saturated carbocycles. The van der Waals surface area contributed by atoms with Crippen LogP contribution < -0.4 is 0 Å². The minimum atomic E-state index is -4.62. The molecule has 0 N–H and O–H groups in total. The molecule has 0 atom stereocenters. The Morgan fingerprint density at radius 1 is 0.719 bits per heavy atom. The van der Waals surface area contributed by atoms with Crippen molar-refractivity contribution in [2.45, 2.75) is 36.5 Å². The lowest BCUT2D eigenvalue weighted by molar-refractivity contribution is -0.166. The van der Waals surface area contributed by atoms with E-state index in [-0.39, 0.29) is 30.6 Å². The summed E-state index contributed by atoms with van der Waals surface area (Å²) in [5.74, 6) is -0.590. The van der Waals surface area contributed by atoms with Crippen LogP contribution in [0, 0.1) is 0 Å². The number of halogens is 6. The molecule has 12 heteroatoms. The summed E-state index contributed by atoms with van der Waals surface area (Å²) in [4.78, 5) is 12.0. The van der Waals surface area contributed by atoms with Crippen LogP contribution in [0.5, 0.6) is 0 Å². The van der Waals surface area contributed by atoms with E-state index in [0.29, 0.717) is 11.1 Å². The van der Waals surface area contributed by atoms with Gasteiger partial charge in [-0.15, -0.1) is 20.5 Å². The maximum Gasteiger partial charge on any atom is 0.442 e. The van der Waals surface area contributed by atoms with E-state index in [0.717, 1.165) is 0 Å². The van der Waals surface area contributed by atoms with Gasteiger partial charge in [0.2, 0.25) is 0 Å². The Morgan fingerprint density at radius 2 is 1.12 bits per heavy atom. The number of benzene rings is 2. The number of carbonyl (C=O) groups is 1. The number of alkyl halides is 6. The summed E-state index contributed by atoms with van der Waals surface area (Å²) in [6.07, 6.45) is -9.10. The van der Waals surface area contributed by atoms with Gasteiger partial charge < -0.3 is 4.74 Å². The van der Waals surface area contributed by atoms with Crippen LogP contribution in [0.2, 0.25) is 0 Å². The number of carbonyl (C=O) groups excluding carboxylic acids is 1. The zero-order valence-corrected chi connectivity index (χ0v) is 16.1. The van der Waals surface area contributed by atoms with E-state index in [1.165, 1.54) is 48.5 Å². The second kappa shape index (κ2) is 7.38. The van der Waals surface area contributed by atoms with Crippen molar-refractivity contribution in [1.29, 1.82) is 0 Å². The molecule has 0 aliphatic carbocycles. The van der Waals surface area contributed by atoms with Crippen molar-refractivity contribution in [3.8, 4) is 0 Å². The molecule has 168 valence electrons. The van der Waals surface area contributed by atoms with Gasteiger partial charge in [0.1, 0.15) is 0 Å². The van der Waals surface area contributed by atoms with E-state index in [1.54, 1.807) is 0 Å². The first-order valence-corrected chi connectivity index (χ1v) is 9.33. The fourth-order valence-corrected chi connectivity index (χ4v) is 3.14. The molecule has 0 amide bonds. The second-order valence-electron chi connectivity index (χ2n) is 7.28. The van der Waals surface area contributed by atoms with E-state index in [4.69, 9.17) is 4.74 Å². The average Bonchev–Trinajstić information content (AvgIpc) is 3.61. The van der Waals surface area contributed by atoms with Crippen LogP contribution in [0.25, 0.3) is 0 Å². The van der Waals surface area contributed by atoms with Crippen LogP contribution in [0.1, 0.15) is 22.3 Å². The van der Waals surface area contributed by atoms with Crippen molar-refractivity contribution in [1.82, 2.24) is 0 Å². The third-order valence-corrected chi connectivity index (χ3v) is 5.11. The normalized spacial score (nSPS) is 17.8. The Bertz CT molecular complexity index is 1060. The summed E-state index contributed by atoms with van der Waals surface area (Å²) in [6.45, 7) is -0.00955. The quantitative estimate of drug-likeness (QED) is 0.415. The predicted octanol–water partition coefficient (Wildman–Crippen LogP) is 5.38. The number of rotatable bonds is 7. The molecule has 0 aromatic heterocycles. The minimum Gasteiger partial charge on any atom is -0.465 e. The highest BCUT2D eigenvalue weighted by Gasteiger charge is 2.65. The third kappa shape index (κ3) is 3.96. The first kappa shape index (κ1) is 21.9. The SMILES string of the molecule is O=C(Cc1ccc(C2(C(F)(F)F)N=N2)cc1)OCCc1ccc(C2(C(F)(F)F)N=N2)cc1. The zero-order valence-electron chi connectivity index (χ0n) is 16.1. The van der Waals surface area contributed by atoms with Crippen LogP contribution in [0.3, 0.4) is 0 Å². The molecule has 0 radical (unpaired) electrons. The van der Waals surface area contributed by atoms with Gasteiger partial charge in [-0.05, 0) is 11.1 Å². The molecular formula is C20H14F6N4O2. The van der Waals surface area contributed by atoms with Gasteiger partial charge in [-0.2, -0.15) is 26.3 Å². The van der Waals surface area contributed by atoms with Gasteiger partial charge in [0, 0.05) is 17.5 Å². The second-order valence-corrected chi connectivity index (χ2v) is 7.28. The molecule has 0 unspecified atom stereocenters. The summed E-state index contributed by atoms with van der Waals surface area (Å²) in [6, 6.07) is 10.7. The average molecular weight is 456 g/mol. The molecule has 4 rings (SSSR count). The maximum atomic E-state index is 13.0. The van der Waals surface area contributed by atoms with E-state index in [1.807, 2.05) is 0 Å². The fourth-order valence-electron chi connectivity index (χ4n) is 3.14. The Labute approximate surface area is 177 Å². The van der Waals surface area contributed by atoms with E-state index in [9.17, 15) is 31.1 Å². The van der Waals surface area contributed by atoms with Crippen molar-refractivity contribution in [3.63, 3.8) is 0 Å². The van der Waals surface area contributed by atoms with Gasteiger partial charge in [-0.25, -0.2) is 0 Å². The fraction of sp³-hybridized carbons (Fsp3) is 0.350. The highest BCUT2D eigenvalue weighted by Crippen LogP contribution is 2.53. The Morgan fingerprint density at radius 3 is 1.50 bits per heavy atom. The van der Waals surface area contributed by atoms with Crippen LogP contribution in [-0.2, 0) is 33.7 Å². The smallest absolute Gasteiger partial charge is 0.442 e. The lowest BCUT2D eigenvalue weighted by Gasteiger charge is -2.15. The predicted molar refractivity (Wildman–Crippen MR) is 96.4 cm³/mol. The van der Waals surface area contributed by atoms with Crippen LogP contribution in [-0.4, -0.2) is 24.9 Å². The Kier molecular flexibility index (Phi) is 5.05. The molecular weight excluding hydrogens is 442 g/mol. The summed E-state index contributed by atoms with van der Waals surface area (Å²) < 4.78 is 83.0. The summed E-state index contributed by atoms with van der Waals surface area (Å²) in [5, 5.41) is 12.5. The van der Waals surface area contributed by atoms with E-state index >= 15 is 0 Å². The zero-order chi connectivity index (χ0) is 23.2. The van der Waals surface area contributed by atoms with Crippen LogP contribution in [0.4, 0.5) is 26.3 Å².